The van der Waals surface area contributed by atoms with Gasteiger partial charge in [-0.05, 0) is 38.1 Å². The van der Waals surface area contributed by atoms with Crippen molar-refractivity contribution in [3.05, 3.63) is 0 Å². The summed E-state index contributed by atoms with van der Waals surface area (Å²) in [7, 11) is 0. The van der Waals surface area contributed by atoms with E-state index in [-0.39, 0.29) is 31.4 Å². The molecule has 17 heavy (non-hydrogen) atoms. The summed E-state index contributed by atoms with van der Waals surface area (Å²) in [4.78, 5) is 2.23. The van der Waals surface area contributed by atoms with E-state index in [2.05, 4.69) is 4.90 Å². The second-order valence-corrected chi connectivity index (χ2v) is 5.65. The van der Waals surface area contributed by atoms with E-state index in [0.29, 0.717) is 6.42 Å². The summed E-state index contributed by atoms with van der Waals surface area (Å²) in [5, 5.41) is 9.30. The number of hydrogen-bond acceptors (Lipinski definition) is 2. The van der Waals surface area contributed by atoms with Gasteiger partial charge in [0, 0.05) is 25.4 Å². The molecule has 0 aromatic rings. The van der Waals surface area contributed by atoms with Crippen LogP contribution < -0.4 is 0 Å². The first-order chi connectivity index (χ1) is 8.11. The number of piperidine rings is 1. The van der Waals surface area contributed by atoms with Crippen molar-refractivity contribution in [2.45, 2.75) is 56.9 Å². The van der Waals surface area contributed by atoms with Crippen molar-refractivity contribution in [1.82, 2.24) is 4.90 Å². The quantitative estimate of drug-likeness (QED) is 0.828. The van der Waals surface area contributed by atoms with E-state index in [9.17, 15) is 13.9 Å². The monoisotopic (exact) mass is 247 g/mol. The maximum Gasteiger partial charge on any atom is 0.248 e. The summed E-state index contributed by atoms with van der Waals surface area (Å²) in [6.45, 7) is 1.89. The van der Waals surface area contributed by atoms with Crippen LogP contribution >= 0.6 is 0 Å². The molecule has 1 N–H and O–H groups in total. The highest BCUT2D eigenvalue weighted by Crippen LogP contribution is 2.37. The molecule has 0 bridgehead atoms. The van der Waals surface area contributed by atoms with E-state index in [4.69, 9.17) is 0 Å². The molecule has 1 heterocycles. The minimum absolute atomic E-state index is 0.0433. The molecule has 1 saturated carbocycles. The van der Waals surface area contributed by atoms with Crippen LogP contribution in [0.5, 0.6) is 0 Å². The van der Waals surface area contributed by atoms with E-state index in [1.54, 1.807) is 0 Å². The SMILES string of the molecule is OCC1CCCCN1CC1CCCC(F)(F)C1. The van der Waals surface area contributed by atoms with E-state index in [0.717, 1.165) is 38.8 Å². The Bertz CT molecular complexity index is 248. The zero-order valence-corrected chi connectivity index (χ0v) is 10.4. The molecular formula is C13H23F2NO. The van der Waals surface area contributed by atoms with Gasteiger partial charge in [-0.3, -0.25) is 4.90 Å². The average Bonchev–Trinajstić information content (AvgIpc) is 2.28. The van der Waals surface area contributed by atoms with Gasteiger partial charge >= 0.3 is 0 Å². The topological polar surface area (TPSA) is 23.5 Å². The van der Waals surface area contributed by atoms with Gasteiger partial charge in [0.1, 0.15) is 0 Å². The van der Waals surface area contributed by atoms with Crippen LogP contribution in [0.25, 0.3) is 0 Å². The third-order valence-corrected chi connectivity index (χ3v) is 4.19. The summed E-state index contributed by atoms with van der Waals surface area (Å²) in [5.74, 6) is -2.33. The van der Waals surface area contributed by atoms with Crippen LogP contribution in [0.4, 0.5) is 8.78 Å². The first-order valence-electron chi connectivity index (χ1n) is 6.83. The molecule has 1 aliphatic carbocycles. The molecule has 0 aromatic carbocycles. The third kappa shape index (κ3) is 3.62. The molecule has 100 valence electrons. The molecule has 2 fully saturated rings. The number of likely N-dealkylation sites (tertiary alicyclic amines) is 1. The Labute approximate surface area is 102 Å². The first-order valence-corrected chi connectivity index (χ1v) is 6.83. The normalized spacial score (nSPS) is 34.8. The number of hydrogen-bond donors (Lipinski definition) is 1. The van der Waals surface area contributed by atoms with E-state index in [1.165, 1.54) is 0 Å². The maximum absolute atomic E-state index is 13.3. The molecule has 2 aliphatic rings. The number of halogens is 2. The van der Waals surface area contributed by atoms with Crippen LogP contribution in [0.15, 0.2) is 0 Å². The van der Waals surface area contributed by atoms with Gasteiger partial charge in [-0.2, -0.15) is 0 Å². The van der Waals surface area contributed by atoms with Crippen molar-refractivity contribution in [1.29, 1.82) is 0 Å². The lowest BCUT2D eigenvalue weighted by Gasteiger charge is -2.39. The second kappa shape index (κ2) is 5.61. The highest BCUT2D eigenvalue weighted by atomic mass is 19.3. The Morgan fingerprint density at radius 3 is 2.71 bits per heavy atom. The minimum atomic E-state index is -2.45. The Morgan fingerprint density at radius 2 is 2.00 bits per heavy atom. The van der Waals surface area contributed by atoms with Gasteiger partial charge in [0.25, 0.3) is 0 Å². The molecule has 2 nitrogen and oxygen atoms in total. The average molecular weight is 247 g/mol. The Balaban J connectivity index is 1.86. The van der Waals surface area contributed by atoms with Gasteiger partial charge < -0.3 is 5.11 Å². The van der Waals surface area contributed by atoms with Crippen LogP contribution in [0, 0.1) is 5.92 Å². The smallest absolute Gasteiger partial charge is 0.248 e. The predicted octanol–water partition coefficient (Wildman–Crippen LogP) is 2.66. The van der Waals surface area contributed by atoms with E-state index >= 15 is 0 Å². The summed E-state index contributed by atoms with van der Waals surface area (Å²) >= 11 is 0. The van der Waals surface area contributed by atoms with Gasteiger partial charge in [0.2, 0.25) is 5.92 Å². The zero-order chi connectivity index (χ0) is 12.3. The van der Waals surface area contributed by atoms with Crippen molar-refractivity contribution < 1.29 is 13.9 Å². The van der Waals surface area contributed by atoms with Gasteiger partial charge in [0.15, 0.2) is 0 Å². The number of nitrogens with zero attached hydrogens (tertiary/aromatic N) is 1. The van der Waals surface area contributed by atoms with Crippen LogP contribution in [0.2, 0.25) is 0 Å². The summed E-state index contributed by atoms with van der Waals surface area (Å²) in [6.07, 6.45) is 4.98. The first kappa shape index (κ1) is 13.2. The van der Waals surface area contributed by atoms with Gasteiger partial charge in [-0.15, -0.1) is 0 Å². The molecule has 2 rings (SSSR count). The summed E-state index contributed by atoms with van der Waals surface area (Å²) in [6, 6.07) is 0.208. The second-order valence-electron chi connectivity index (χ2n) is 5.65. The maximum atomic E-state index is 13.3. The Hall–Kier alpha value is -0.220. The molecule has 0 radical (unpaired) electrons. The van der Waals surface area contributed by atoms with E-state index in [1.807, 2.05) is 0 Å². The van der Waals surface area contributed by atoms with Crippen molar-refractivity contribution in [2.24, 2.45) is 5.92 Å². The highest BCUT2D eigenvalue weighted by Gasteiger charge is 2.37. The van der Waals surface area contributed by atoms with Crippen LogP contribution in [0.3, 0.4) is 0 Å². The minimum Gasteiger partial charge on any atom is -0.395 e. The van der Waals surface area contributed by atoms with Gasteiger partial charge in [-0.25, -0.2) is 8.78 Å². The van der Waals surface area contributed by atoms with Crippen molar-refractivity contribution >= 4 is 0 Å². The fourth-order valence-electron chi connectivity index (χ4n) is 3.27. The molecule has 0 amide bonds. The fraction of sp³-hybridized carbons (Fsp3) is 1.00. The van der Waals surface area contributed by atoms with Crippen molar-refractivity contribution in [3.8, 4) is 0 Å². The largest absolute Gasteiger partial charge is 0.395 e. The lowest BCUT2D eigenvalue weighted by Crippen LogP contribution is -2.45. The number of aliphatic hydroxyl groups excluding tert-OH is 1. The molecule has 0 aromatic heterocycles. The number of aliphatic hydroxyl groups is 1. The third-order valence-electron chi connectivity index (χ3n) is 4.19. The highest BCUT2D eigenvalue weighted by molar-refractivity contribution is 4.83. The predicted molar refractivity (Wildman–Crippen MR) is 63.2 cm³/mol. The lowest BCUT2D eigenvalue weighted by atomic mass is 9.85. The van der Waals surface area contributed by atoms with Gasteiger partial charge in [0.05, 0.1) is 6.61 Å². The Morgan fingerprint density at radius 1 is 1.18 bits per heavy atom. The van der Waals surface area contributed by atoms with Crippen LogP contribution in [-0.4, -0.2) is 41.7 Å². The molecule has 1 aliphatic heterocycles. The lowest BCUT2D eigenvalue weighted by molar-refractivity contribution is -0.0610. The number of alkyl halides is 2. The molecule has 2 unspecified atom stereocenters. The van der Waals surface area contributed by atoms with Crippen molar-refractivity contribution in [3.63, 3.8) is 0 Å². The molecular weight excluding hydrogens is 224 g/mol. The molecule has 0 spiro atoms. The van der Waals surface area contributed by atoms with Crippen molar-refractivity contribution in [2.75, 3.05) is 19.7 Å². The Kier molecular flexibility index (Phi) is 4.36. The standard InChI is InChI=1S/C13H23F2NO/c14-13(15)6-3-4-11(8-13)9-16-7-2-1-5-12(16)10-17/h11-12,17H,1-10H2. The molecule has 1 saturated heterocycles. The fourth-order valence-corrected chi connectivity index (χ4v) is 3.27. The summed E-state index contributed by atoms with van der Waals surface area (Å²) < 4.78 is 26.6. The molecule has 4 heteroatoms. The summed E-state index contributed by atoms with van der Waals surface area (Å²) in [5.41, 5.74) is 0. The number of rotatable bonds is 3. The van der Waals surface area contributed by atoms with Crippen LogP contribution in [-0.2, 0) is 0 Å². The van der Waals surface area contributed by atoms with Crippen LogP contribution in [0.1, 0.15) is 44.9 Å². The zero-order valence-electron chi connectivity index (χ0n) is 10.4. The van der Waals surface area contributed by atoms with E-state index < -0.39 is 5.92 Å². The van der Waals surface area contributed by atoms with Gasteiger partial charge in [-0.1, -0.05) is 6.42 Å². The molecule has 2 atom stereocenters.